The highest BCUT2D eigenvalue weighted by Crippen LogP contribution is 2.46. The standard InChI is InChI=1S/C32H16BrNO/c33-24-16-26-30(32-29(24)23-14-18-6-1-2-7-19(18)15-27(23)35-32)22-12-5-11-21-20-10-3-8-17-9-4-13-25(28(17)20)34(26)31(21)22/h1-16H. The molecule has 2 nitrogen and oxygen atoms in total. The van der Waals surface area contributed by atoms with Gasteiger partial charge < -0.3 is 8.82 Å². The molecule has 35 heavy (non-hydrogen) atoms. The summed E-state index contributed by atoms with van der Waals surface area (Å²) in [6.45, 7) is 0. The van der Waals surface area contributed by atoms with E-state index in [1.165, 1.54) is 54.1 Å². The minimum atomic E-state index is 0.921. The smallest absolute Gasteiger partial charge is 0.146 e. The van der Waals surface area contributed by atoms with Gasteiger partial charge in [0.15, 0.2) is 0 Å². The van der Waals surface area contributed by atoms with Gasteiger partial charge in [0.05, 0.1) is 21.9 Å². The highest BCUT2D eigenvalue weighted by molar-refractivity contribution is 9.10. The number of rotatable bonds is 0. The molecule has 0 amide bonds. The van der Waals surface area contributed by atoms with E-state index in [1.807, 2.05) is 0 Å². The van der Waals surface area contributed by atoms with Crippen LogP contribution in [0.25, 0.3) is 81.6 Å². The van der Waals surface area contributed by atoms with Gasteiger partial charge in [0.25, 0.3) is 0 Å². The molecule has 0 aliphatic carbocycles. The van der Waals surface area contributed by atoms with Crippen LogP contribution in [0.1, 0.15) is 0 Å². The number of hydrogen-bond donors (Lipinski definition) is 0. The molecule has 0 fully saturated rings. The van der Waals surface area contributed by atoms with Gasteiger partial charge in [0, 0.05) is 31.4 Å². The lowest BCUT2D eigenvalue weighted by Crippen LogP contribution is -1.92. The molecule has 0 saturated carbocycles. The Kier molecular flexibility index (Phi) is 3.20. The van der Waals surface area contributed by atoms with E-state index in [0.717, 1.165) is 31.9 Å². The summed E-state index contributed by atoms with van der Waals surface area (Å²) in [5.74, 6) is 0. The minimum absolute atomic E-state index is 0.921. The molecule has 0 unspecified atom stereocenters. The number of nitrogens with zero attached hydrogens (tertiary/aromatic N) is 1. The highest BCUT2D eigenvalue weighted by Gasteiger charge is 2.22. The second-order valence-corrected chi connectivity index (χ2v) is 10.3. The molecule has 0 aliphatic heterocycles. The molecule has 0 aliphatic rings. The first-order chi connectivity index (χ1) is 17.3. The zero-order valence-corrected chi connectivity index (χ0v) is 20.1. The summed E-state index contributed by atoms with van der Waals surface area (Å²) in [7, 11) is 0. The first-order valence-electron chi connectivity index (χ1n) is 11.8. The van der Waals surface area contributed by atoms with Gasteiger partial charge in [0.2, 0.25) is 0 Å². The Balaban J connectivity index is 1.62. The van der Waals surface area contributed by atoms with Crippen molar-refractivity contribution in [1.82, 2.24) is 4.40 Å². The molecular formula is C32H16BrNO. The van der Waals surface area contributed by atoms with Crippen LogP contribution in [-0.4, -0.2) is 4.40 Å². The van der Waals surface area contributed by atoms with Gasteiger partial charge in [-0.1, -0.05) is 72.8 Å². The van der Waals surface area contributed by atoms with Gasteiger partial charge >= 0.3 is 0 Å². The average Bonchev–Trinajstić information content (AvgIpc) is 3.42. The molecule has 0 bridgehead atoms. The third kappa shape index (κ3) is 2.12. The average molecular weight is 510 g/mol. The number of pyridine rings is 1. The van der Waals surface area contributed by atoms with Crippen molar-refractivity contribution in [2.75, 3.05) is 0 Å². The number of fused-ring (bicyclic) bond motifs is 10. The zero-order valence-electron chi connectivity index (χ0n) is 18.5. The van der Waals surface area contributed by atoms with Crippen molar-refractivity contribution in [3.63, 3.8) is 0 Å². The Labute approximate surface area is 207 Å². The molecule has 3 heteroatoms. The van der Waals surface area contributed by atoms with Gasteiger partial charge in [-0.3, -0.25) is 0 Å². The molecular weight excluding hydrogens is 494 g/mol. The zero-order chi connectivity index (χ0) is 22.8. The molecule has 3 heterocycles. The summed E-state index contributed by atoms with van der Waals surface area (Å²) in [5.41, 5.74) is 5.50. The van der Waals surface area contributed by atoms with E-state index in [1.54, 1.807) is 0 Å². The van der Waals surface area contributed by atoms with E-state index in [4.69, 9.17) is 4.42 Å². The van der Waals surface area contributed by atoms with E-state index in [-0.39, 0.29) is 0 Å². The summed E-state index contributed by atoms with van der Waals surface area (Å²) in [6.07, 6.45) is 0. The minimum Gasteiger partial charge on any atom is -0.455 e. The summed E-state index contributed by atoms with van der Waals surface area (Å²) < 4.78 is 10.2. The number of aromatic nitrogens is 1. The van der Waals surface area contributed by atoms with Crippen LogP contribution < -0.4 is 0 Å². The Bertz CT molecular complexity index is 2330. The summed E-state index contributed by atoms with van der Waals surface area (Å²) in [5, 5.41) is 12.2. The van der Waals surface area contributed by atoms with Crippen molar-refractivity contribution in [3.8, 4) is 0 Å². The molecule has 3 aromatic heterocycles. The van der Waals surface area contributed by atoms with Crippen molar-refractivity contribution in [2.45, 2.75) is 0 Å². The van der Waals surface area contributed by atoms with E-state index in [9.17, 15) is 0 Å². The van der Waals surface area contributed by atoms with Crippen molar-refractivity contribution in [1.29, 1.82) is 0 Å². The van der Waals surface area contributed by atoms with Crippen LogP contribution in [0.15, 0.2) is 106 Å². The van der Waals surface area contributed by atoms with Crippen LogP contribution in [0.5, 0.6) is 0 Å². The largest absolute Gasteiger partial charge is 0.455 e. The van der Waals surface area contributed by atoms with Crippen LogP contribution >= 0.6 is 15.9 Å². The van der Waals surface area contributed by atoms with E-state index < -0.39 is 0 Å². The molecule has 0 spiro atoms. The summed E-state index contributed by atoms with van der Waals surface area (Å²) >= 11 is 3.93. The molecule has 0 saturated heterocycles. The number of halogens is 1. The predicted octanol–water partition coefficient (Wildman–Crippen LogP) is 9.80. The van der Waals surface area contributed by atoms with E-state index in [2.05, 4.69) is 117 Å². The molecule has 0 N–H and O–H groups in total. The van der Waals surface area contributed by atoms with Crippen LogP contribution in [0.4, 0.5) is 0 Å². The Morgan fingerprint density at radius 3 is 2.14 bits per heavy atom. The highest BCUT2D eigenvalue weighted by atomic mass is 79.9. The van der Waals surface area contributed by atoms with Gasteiger partial charge in [-0.2, -0.15) is 0 Å². The number of furan rings is 1. The van der Waals surface area contributed by atoms with Gasteiger partial charge in [-0.15, -0.1) is 0 Å². The molecule has 162 valence electrons. The van der Waals surface area contributed by atoms with E-state index >= 15 is 0 Å². The maximum atomic E-state index is 6.69. The topological polar surface area (TPSA) is 17.6 Å². The lowest BCUT2D eigenvalue weighted by atomic mass is 9.99. The molecule has 0 atom stereocenters. The van der Waals surface area contributed by atoms with Crippen LogP contribution in [0.3, 0.4) is 0 Å². The maximum Gasteiger partial charge on any atom is 0.146 e. The number of benzene rings is 6. The predicted molar refractivity (Wildman–Crippen MR) is 151 cm³/mol. The van der Waals surface area contributed by atoms with Crippen molar-refractivity contribution < 1.29 is 4.42 Å². The van der Waals surface area contributed by atoms with E-state index in [0.29, 0.717) is 0 Å². The fourth-order valence-electron chi connectivity index (χ4n) is 6.32. The van der Waals surface area contributed by atoms with Crippen molar-refractivity contribution >= 4 is 97.5 Å². The Morgan fingerprint density at radius 1 is 0.543 bits per heavy atom. The third-order valence-electron chi connectivity index (χ3n) is 7.73. The first-order valence-corrected chi connectivity index (χ1v) is 12.6. The fraction of sp³-hybridized carbons (Fsp3) is 0. The Hall–Kier alpha value is -4.08. The quantitative estimate of drug-likeness (QED) is 0.147. The second-order valence-electron chi connectivity index (χ2n) is 9.47. The van der Waals surface area contributed by atoms with Gasteiger partial charge in [0.1, 0.15) is 11.2 Å². The van der Waals surface area contributed by atoms with Crippen molar-refractivity contribution in [2.24, 2.45) is 0 Å². The second kappa shape index (κ2) is 6.12. The summed E-state index contributed by atoms with van der Waals surface area (Å²) in [4.78, 5) is 0. The third-order valence-corrected chi connectivity index (χ3v) is 8.35. The lowest BCUT2D eigenvalue weighted by molar-refractivity contribution is 0.673. The number of hydrogen-bond acceptors (Lipinski definition) is 1. The number of para-hydroxylation sites is 1. The van der Waals surface area contributed by atoms with Crippen molar-refractivity contribution in [3.05, 3.63) is 102 Å². The SMILES string of the molecule is Brc1cc2c(c3cccc4c5cccc6cccc(c65)n2c43)c2oc3cc4ccccc4cc3c12. The van der Waals surface area contributed by atoms with Gasteiger partial charge in [-0.05, 0) is 61.7 Å². The van der Waals surface area contributed by atoms with Crippen LogP contribution in [0.2, 0.25) is 0 Å². The summed E-state index contributed by atoms with van der Waals surface area (Å²) in [6, 6.07) is 35.1. The van der Waals surface area contributed by atoms with Gasteiger partial charge in [-0.25, -0.2) is 0 Å². The lowest BCUT2D eigenvalue weighted by Gasteiger charge is -2.12. The normalized spacial score (nSPS) is 12.7. The van der Waals surface area contributed by atoms with Crippen LogP contribution in [0, 0.1) is 0 Å². The molecule has 0 radical (unpaired) electrons. The molecule has 9 rings (SSSR count). The fourth-order valence-corrected chi connectivity index (χ4v) is 6.93. The molecule has 6 aromatic carbocycles. The molecule has 9 aromatic rings. The first kappa shape index (κ1) is 18.3. The van der Waals surface area contributed by atoms with Crippen LogP contribution in [-0.2, 0) is 0 Å². The monoisotopic (exact) mass is 509 g/mol. The Morgan fingerprint density at radius 2 is 1.26 bits per heavy atom. The maximum absolute atomic E-state index is 6.69.